The highest BCUT2D eigenvalue weighted by Gasteiger charge is 2.31. The number of allylic oxidation sites excluding steroid dienone is 2. The number of fused-ring (bicyclic) bond motifs is 1. The van der Waals surface area contributed by atoms with E-state index < -0.39 is 6.61 Å². The molecule has 1 saturated heterocycles. The number of benzene rings is 2. The van der Waals surface area contributed by atoms with E-state index in [-0.39, 0.29) is 23.4 Å². The summed E-state index contributed by atoms with van der Waals surface area (Å²) in [5.74, 6) is 0.373. The number of ether oxygens (including phenoxy) is 1. The molecule has 4 rings (SSSR count). The van der Waals surface area contributed by atoms with Crippen molar-refractivity contribution in [3.8, 4) is 11.5 Å². The van der Waals surface area contributed by atoms with Crippen LogP contribution in [0.15, 0.2) is 72.4 Å². The van der Waals surface area contributed by atoms with Crippen molar-refractivity contribution in [3.63, 3.8) is 0 Å². The van der Waals surface area contributed by atoms with Crippen LogP contribution in [0.25, 0.3) is 0 Å². The summed E-state index contributed by atoms with van der Waals surface area (Å²) < 4.78 is 29.2. The maximum Gasteiger partial charge on any atom is 0.387 e. The first-order chi connectivity index (χ1) is 19.6. The van der Waals surface area contributed by atoms with E-state index in [4.69, 9.17) is 5.73 Å². The fourth-order valence-corrected chi connectivity index (χ4v) is 5.55. The van der Waals surface area contributed by atoms with Gasteiger partial charge in [-0.2, -0.15) is 8.78 Å². The Hall–Kier alpha value is -3.49. The van der Waals surface area contributed by atoms with Gasteiger partial charge in [0.05, 0.1) is 5.56 Å². The Morgan fingerprint density at radius 3 is 2.61 bits per heavy atom. The molecule has 0 spiro atoms. The fraction of sp³-hybridized carbons (Fsp3) is 0.424. The Morgan fingerprint density at radius 1 is 1.17 bits per heavy atom. The van der Waals surface area contributed by atoms with Crippen molar-refractivity contribution in [3.05, 3.63) is 94.6 Å². The molecule has 1 amide bonds. The minimum absolute atomic E-state index is 0.0248. The third kappa shape index (κ3) is 8.27. The predicted molar refractivity (Wildman–Crippen MR) is 158 cm³/mol. The fourth-order valence-electron chi connectivity index (χ4n) is 5.55. The van der Waals surface area contributed by atoms with E-state index in [9.17, 15) is 18.7 Å². The van der Waals surface area contributed by atoms with E-state index in [1.165, 1.54) is 17.7 Å². The van der Waals surface area contributed by atoms with Crippen LogP contribution in [0.3, 0.4) is 0 Å². The Morgan fingerprint density at radius 2 is 1.93 bits per heavy atom. The molecular formula is C33H41F2N3O3. The largest absolute Gasteiger partial charge is 0.507 e. The second-order valence-corrected chi connectivity index (χ2v) is 11.3. The van der Waals surface area contributed by atoms with E-state index in [0.29, 0.717) is 24.6 Å². The molecule has 2 aromatic rings. The van der Waals surface area contributed by atoms with Crippen LogP contribution in [-0.4, -0.2) is 53.1 Å². The van der Waals surface area contributed by atoms with Crippen LogP contribution in [-0.2, 0) is 19.5 Å². The Kier molecular flexibility index (Phi) is 10.3. The van der Waals surface area contributed by atoms with Crippen molar-refractivity contribution in [2.75, 3.05) is 19.6 Å². The number of halogens is 2. The Bertz CT molecular complexity index is 1290. The molecule has 2 unspecified atom stereocenters. The molecule has 2 aromatic carbocycles. The van der Waals surface area contributed by atoms with Gasteiger partial charge in [-0.1, -0.05) is 48.6 Å². The zero-order valence-electron chi connectivity index (χ0n) is 24.0. The van der Waals surface area contributed by atoms with E-state index in [2.05, 4.69) is 34.4 Å². The summed E-state index contributed by atoms with van der Waals surface area (Å²) in [4.78, 5) is 17.2. The van der Waals surface area contributed by atoms with Crippen LogP contribution in [0, 0.1) is 5.92 Å². The quantitative estimate of drug-likeness (QED) is 0.317. The molecule has 41 heavy (non-hydrogen) atoms. The number of rotatable bonds is 11. The predicted octanol–water partition coefficient (Wildman–Crippen LogP) is 6.20. The van der Waals surface area contributed by atoms with Gasteiger partial charge in [0.15, 0.2) is 0 Å². The van der Waals surface area contributed by atoms with Gasteiger partial charge in [0.25, 0.3) is 5.91 Å². The van der Waals surface area contributed by atoms with Crippen LogP contribution in [0.4, 0.5) is 8.78 Å². The molecule has 8 heteroatoms. The maximum atomic E-state index is 13.1. The van der Waals surface area contributed by atoms with Crippen LogP contribution in [0.1, 0.15) is 60.2 Å². The highest BCUT2D eigenvalue weighted by Crippen LogP contribution is 2.34. The summed E-state index contributed by atoms with van der Waals surface area (Å²) in [6.45, 7) is 8.74. The molecular weight excluding hydrogens is 524 g/mol. The van der Waals surface area contributed by atoms with Crippen LogP contribution in [0.5, 0.6) is 11.5 Å². The number of phenols is 1. The first-order valence-corrected chi connectivity index (χ1v) is 14.3. The lowest BCUT2D eigenvalue weighted by Gasteiger charge is -2.21. The van der Waals surface area contributed by atoms with Gasteiger partial charge in [-0.25, -0.2) is 0 Å². The third-order valence-corrected chi connectivity index (χ3v) is 8.05. The highest BCUT2D eigenvalue weighted by molar-refractivity contribution is 6.01. The normalized spacial score (nSPS) is 19.3. The van der Waals surface area contributed by atoms with E-state index in [1.54, 1.807) is 23.1 Å². The maximum absolute atomic E-state index is 13.1. The summed E-state index contributed by atoms with van der Waals surface area (Å²) in [6, 6.07) is 10.1. The number of hydrogen-bond acceptors (Lipinski definition) is 5. The number of amides is 1. The lowest BCUT2D eigenvalue weighted by Crippen LogP contribution is -2.27. The van der Waals surface area contributed by atoms with Crippen LogP contribution < -0.4 is 10.5 Å². The molecule has 6 nitrogen and oxygen atoms in total. The molecule has 2 aliphatic rings. The lowest BCUT2D eigenvalue weighted by atomic mass is 9.91. The van der Waals surface area contributed by atoms with Crippen molar-refractivity contribution in [1.82, 2.24) is 9.80 Å². The average molecular weight is 566 g/mol. The van der Waals surface area contributed by atoms with Gasteiger partial charge in [-0.15, -0.1) is 0 Å². The number of nitrogens with two attached hydrogens (primary N) is 1. The minimum Gasteiger partial charge on any atom is -0.507 e. The number of likely N-dealkylation sites (tertiary alicyclic amines) is 1. The topological polar surface area (TPSA) is 79.0 Å². The van der Waals surface area contributed by atoms with Gasteiger partial charge in [-0.3, -0.25) is 9.69 Å². The number of phenolic OH excluding ortho intramolecular Hbond substituents is 1. The van der Waals surface area contributed by atoms with Crippen LogP contribution in [0.2, 0.25) is 0 Å². The monoisotopic (exact) mass is 565 g/mol. The second kappa shape index (κ2) is 13.9. The second-order valence-electron chi connectivity index (χ2n) is 11.3. The zero-order valence-corrected chi connectivity index (χ0v) is 24.0. The van der Waals surface area contributed by atoms with Crippen molar-refractivity contribution in [2.45, 2.75) is 65.3 Å². The summed E-state index contributed by atoms with van der Waals surface area (Å²) in [5, 5.41) is 10.8. The molecule has 1 fully saturated rings. The smallest absolute Gasteiger partial charge is 0.387 e. The van der Waals surface area contributed by atoms with Crippen molar-refractivity contribution in [1.29, 1.82) is 0 Å². The van der Waals surface area contributed by atoms with E-state index >= 15 is 0 Å². The minimum atomic E-state index is -2.88. The van der Waals surface area contributed by atoms with Crippen molar-refractivity contribution < 1.29 is 23.4 Å². The van der Waals surface area contributed by atoms with Gasteiger partial charge >= 0.3 is 6.61 Å². The van der Waals surface area contributed by atoms with Crippen LogP contribution >= 0.6 is 0 Å². The summed E-state index contributed by atoms with van der Waals surface area (Å²) in [6.07, 6.45) is 10.2. The van der Waals surface area contributed by atoms with Gasteiger partial charge in [-0.05, 0) is 99.0 Å². The molecule has 0 saturated carbocycles. The van der Waals surface area contributed by atoms with Gasteiger partial charge in [0.1, 0.15) is 11.5 Å². The standard InChI is InChI=1S/C33H41F2N3O3/c1-4-24(8-7-22(2)23(3)36)19-37-14-5-6-25(13-15-37)16-27-17-28-21-38(32(40)31(28)30(39)18-27)20-26-9-11-29(12-10-26)41-33(34)35/h4,7-12,17-18,23,25,33,39H,1,5-6,13-16,19-21,36H2,2-3H3/b22-7+,24-8+. The lowest BCUT2D eigenvalue weighted by molar-refractivity contribution is -0.0498. The molecule has 220 valence electrons. The number of carbonyl (C=O) groups excluding carboxylic acids is 1. The van der Waals surface area contributed by atoms with Gasteiger partial charge < -0.3 is 20.5 Å². The molecule has 2 heterocycles. The SMILES string of the molecule is C=C/C(=C\C=C(/C)C(C)N)CN1CCCC(Cc2cc(O)c3c(c2)CN(Cc2ccc(OC(F)F)cc2)C3=O)CC1. The molecule has 0 aliphatic carbocycles. The van der Waals surface area contributed by atoms with E-state index in [1.807, 2.05) is 19.9 Å². The van der Waals surface area contributed by atoms with Gasteiger partial charge in [0.2, 0.25) is 0 Å². The zero-order chi connectivity index (χ0) is 29.5. The van der Waals surface area contributed by atoms with Crippen molar-refractivity contribution >= 4 is 5.91 Å². The highest BCUT2D eigenvalue weighted by atomic mass is 19.3. The molecule has 3 N–H and O–H groups in total. The first kappa shape index (κ1) is 30.5. The Labute approximate surface area is 241 Å². The number of hydrogen-bond donors (Lipinski definition) is 2. The molecule has 0 radical (unpaired) electrons. The van der Waals surface area contributed by atoms with E-state index in [0.717, 1.165) is 67.6 Å². The molecule has 2 aliphatic heterocycles. The molecule has 2 atom stereocenters. The van der Waals surface area contributed by atoms with Crippen molar-refractivity contribution in [2.24, 2.45) is 11.7 Å². The summed E-state index contributed by atoms with van der Waals surface area (Å²) in [7, 11) is 0. The number of aromatic hydroxyl groups is 1. The summed E-state index contributed by atoms with van der Waals surface area (Å²) >= 11 is 0. The Balaban J connectivity index is 1.35. The van der Waals surface area contributed by atoms with Gasteiger partial charge in [0, 0.05) is 25.7 Å². The average Bonchev–Trinajstić information content (AvgIpc) is 3.08. The third-order valence-electron chi connectivity index (χ3n) is 8.05. The number of carbonyl (C=O) groups is 1. The first-order valence-electron chi connectivity index (χ1n) is 14.3. The number of alkyl halides is 2. The molecule has 0 bridgehead atoms. The molecule has 0 aromatic heterocycles. The summed E-state index contributed by atoms with van der Waals surface area (Å²) in [5.41, 5.74) is 11.3. The number of nitrogens with zero attached hydrogens (tertiary/aromatic N) is 2.